The smallest absolute Gasteiger partial charge is 0.407 e. The molecule has 3 unspecified atom stereocenters. The molecule has 7 rings (SSSR count). The molecule has 1 aliphatic heterocycles. The number of hydrogen-bond acceptors (Lipinski definition) is 4. The van der Waals surface area contributed by atoms with E-state index in [1.165, 1.54) is 4.90 Å². The molecule has 1 fully saturated rings. The molecule has 50 heavy (non-hydrogen) atoms. The first-order valence-electron chi connectivity index (χ1n) is 17.1. The van der Waals surface area contributed by atoms with Gasteiger partial charge >= 0.3 is 6.09 Å². The van der Waals surface area contributed by atoms with E-state index in [2.05, 4.69) is 121 Å². The molecule has 6 aromatic rings. The van der Waals surface area contributed by atoms with E-state index in [0.29, 0.717) is 19.6 Å². The molecule has 3 atom stereocenters. The minimum Gasteiger partial charge on any atom is -0.465 e. The van der Waals surface area contributed by atoms with E-state index in [1.807, 2.05) is 36.4 Å². The molecule has 6 aromatic carbocycles. The Balaban J connectivity index is 1.15. The predicted octanol–water partition coefficient (Wildman–Crippen LogP) is 9.55. The molecule has 0 radical (unpaired) electrons. The zero-order chi connectivity index (χ0) is 34.3. The van der Waals surface area contributed by atoms with Gasteiger partial charge in [0.1, 0.15) is 5.60 Å². The van der Waals surface area contributed by atoms with Crippen molar-refractivity contribution in [2.24, 2.45) is 0 Å². The van der Waals surface area contributed by atoms with Gasteiger partial charge in [-0.2, -0.15) is 0 Å². The number of carbonyl (C=O) groups is 1. The van der Waals surface area contributed by atoms with E-state index in [1.54, 1.807) is 7.11 Å². The van der Waals surface area contributed by atoms with E-state index in [9.17, 15) is 9.90 Å². The second-order valence-corrected chi connectivity index (χ2v) is 12.8. The van der Waals surface area contributed by atoms with Gasteiger partial charge < -0.3 is 24.2 Å². The maximum Gasteiger partial charge on any atom is 0.407 e. The van der Waals surface area contributed by atoms with Gasteiger partial charge in [0.25, 0.3) is 0 Å². The fourth-order valence-corrected chi connectivity index (χ4v) is 7.21. The molecule has 1 aliphatic rings. The van der Waals surface area contributed by atoms with Crippen LogP contribution >= 0.6 is 0 Å². The zero-order valence-electron chi connectivity index (χ0n) is 28.1. The number of rotatable bonds is 11. The lowest BCUT2D eigenvalue weighted by Crippen LogP contribution is -2.46. The van der Waals surface area contributed by atoms with Gasteiger partial charge in [-0.3, -0.25) is 0 Å². The van der Waals surface area contributed by atoms with Gasteiger partial charge in [0.15, 0.2) is 6.29 Å². The Morgan fingerprint density at radius 2 is 1.30 bits per heavy atom. The Labute approximate surface area is 293 Å². The van der Waals surface area contributed by atoms with Crippen molar-refractivity contribution < 1.29 is 24.1 Å². The fourth-order valence-electron chi connectivity index (χ4n) is 7.21. The van der Waals surface area contributed by atoms with Gasteiger partial charge in [-0.05, 0) is 51.1 Å². The molecule has 6 nitrogen and oxygen atoms in total. The molecule has 1 heterocycles. The first-order chi connectivity index (χ1) is 24.5. The van der Waals surface area contributed by atoms with E-state index in [4.69, 9.17) is 14.2 Å². The van der Waals surface area contributed by atoms with E-state index >= 15 is 0 Å². The largest absolute Gasteiger partial charge is 0.465 e. The molecule has 6 heteroatoms. The molecular formula is C44H41NO5. The van der Waals surface area contributed by atoms with Crippen molar-refractivity contribution in [1.29, 1.82) is 0 Å². The molecule has 1 N–H and O–H groups in total. The number of benzene rings is 6. The third kappa shape index (κ3) is 6.92. The van der Waals surface area contributed by atoms with Crippen molar-refractivity contribution in [2.75, 3.05) is 20.2 Å². The number of nitrogens with zero attached hydrogens (tertiary/aromatic N) is 1. The Morgan fingerprint density at radius 1 is 0.740 bits per heavy atom. The summed E-state index contributed by atoms with van der Waals surface area (Å²) in [5.74, 6) is -0.0179. The summed E-state index contributed by atoms with van der Waals surface area (Å²) in [5.41, 5.74) is 5.37. The zero-order valence-corrected chi connectivity index (χ0v) is 28.1. The van der Waals surface area contributed by atoms with Crippen LogP contribution in [0.25, 0.3) is 10.8 Å². The van der Waals surface area contributed by atoms with Gasteiger partial charge in [-0.25, -0.2) is 4.79 Å². The molecule has 0 aliphatic carbocycles. The number of likely N-dealkylation sites (tertiary alicyclic amines) is 1. The lowest BCUT2D eigenvalue weighted by Gasteiger charge is -2.39. The summed E-state index contributed by atoms with van der Waals surface area (Å²) < 4.78 is 19.6. The first-order valence-corrected chi connectivity index (χ1v) is 17.1. The highest BCUT2D eigenvalue weighted by Gasteiger charge is 2.38. The van der Waals surface area contributed by atoms with Crippen molar-refractivity contribution in [3.63, 3.8) is 0 Å². The van der Waals surface area contributed by atoms with Crippen LogP contribution in [0.5, 0.6) is 0 Å². The Hall–Kier alpha value is -5.27. The number of fused-ring (bicyclic) bond motifs is 1. The molecular weight excluding hydrogens is 622 g/mol. The molecule has 0 aromatic heterocycles. The van der Waals surface area contributed by atoms with Crippen molar-refractivity contribution in [2.45, 2.75) is 36.9 Å². The number of methoxy groups -OCH3 is 1. The second kappa shape index (κ2) is 15.1. The van der Waals surface area contributed by atoms with Crippen molar-refractivity contribution >= 4 is 16.9 Å². The number of ether oxygens (including phenoxy) is 3. The highest BCUT2D eigenvalue weighted by Crippen LogP contribution is 2.41. The van der Waals surface area contributed by atoms with Crippen molar-refractivity contribution in [3.05, 3.63) is 191 Å². The van der Waals surface area contributed by atoms with Crippen LogP contribution in [-0.4, -0.2) is 42.4 Å². The van der Waals surface area contributed by atoms with Crippen LogP contribution < -0.4 is 0 Å². The second-order valence-electron chi connectivity index (χ2n) is 12.8. The summed E-state index contributed by atoms with van der Waals surface area (Å²) in [6, 6.07) is 53.9. The van der Waals surface area contributed by atoms with Crippen LogP contribution in [0.15, 0.2) is 158 Å². The van der Waals surface area contributed by atoms with Crippen LogP contribution in [0.3, 0.4) is 0 Å². The Bertz CT molecular complexity index is 1900. The summed E-state index contributed by atoms with van der Waals surface area (Å²) in [6.45, 7) is 1.07. The van der Waals surface area contributed by atoms with Gasteiger partial charge in [0.05, 0.1) is 19.3 Å². The topological polar surface area (TPSA) is 68.2 Å². The standard InChI is InChI=1S/C44H41NO5/c1-48-42(36-26-25-33-13-11-12-14-35(33)29-36)50-41-30-45(43(46)47)28-27-40(41)34-23-21-32(22-24-34)31-49-44(37-15-5-2-6-16-37,38-17-7-3-8-18-38)39-19-9-4-10-20-39/h2-26,29,40-42H,27-28,30-31H2,1H3,(H,46,47). The SMILES string of the molecule is COC(OC1CN(C(=O)O)CCC1c1ccc(COC(c2ccccc2)(c2ccccc2)c2ccccc2)cc1)c1ccc2ccccc2c1. The van der Waals surface area contributed by atoms with E-state index in [0.717, 1.165) is 44.2 Å². The van der Waals surface area contributed by atoms with Gasteiger partial charge in [-0.1, -0.05) is 152 Å². The van der Waals surface area contributed by atoms with Gasteiger partial charge in [-0.15, -0.1) is 0 Å². The molecule has 252 valence electrons. The number of piperidine rings is 1. The third-order valence-corrected chi connectivity index (χ3v) is 9.79. The normalized spacial score (nSPS) is 17.0. The Kier molecular flexibility index (Phi) is 10.0. The summed E-state index contributed by atoms with van der Waals surface area (Å²) in [6.07, 6.45) is -1.35. The highest BCUT2D eigenvalue weighted by molar-refractivity contribution is 5.83. The average Bonchev–Trinajstić information content (AvgIpc) is 3.18. The summed E-state index contributed by atoms with van der Waals surface area (Å²) >= 11 is 0. The Morgan fingerprint density at radius 3 is 1.86 bits per heavy atom. The van der Waals surface area contributed by atoms with Crippen LogP contribution in [0.2, 0.25) is 0 Å². The predicted molar refractivity (Wildman–Crippen MR) is 196 cm³/mol. The quantitative estimate of drug-likeness (QED) is 0.110. The molecule has 0 spiro atoms. The maximum absolute atomic E-state index is 12.0. The summed E-state index contributed by atoms with van der Waals surface area (Å²) in [7, 11) is 1.63. The fraction of sp³-hybridized carbons (Fsp3) is 0.205. The van der Waals surface area contributed by atoms with Crippen LogP contribution in [0.4, 0.5) is 4.79 Å². The average molecular weight is 664 g/mol. The van der Waals surface area contributed by atoms with Crippen LogP contribution in [-0.2, 0) is 26.4 Å². The monoisotopic (exact) mass is 663 g/mol. The minimum absolute atomic E-state index is 0.0179. The van der Waals surface area contributed by atoms with Crippen LogP contribution in [0, 0.1) is 0 Å². The lowest BCUT2D eigenvalue weighted by molar-refractivity contribution is -0.174. The minimum atomic E-state index is -0.942. The lowest BCUT2D eigenvalue weighted by atomic mass is 9.80. The summed E-state index contributed by atoms with van der Waals surface area (Å²) in [5, 5.41) is 12.1. The number of amides is 1. The van der Waals surface area contributed by atoms with E-state index in [-0.39, 0.29) is 12.5 Å². The summed E-state index contributed by atoms with van der Waals surface area (Å²) in [4.78, 5) is 13.5. The van der Waals surface area contributed by atoms with E-state index < -0.39 is 24.1 Å². The number of carboxylic acid groups (broad SMARTS) is 1. The molecule has 0 saturated carbocycles. The highest BCUT2D eigenvalue weighted by atomic mass is 16.7. The van der Waals surface area contributed by atoms with Crippen molar-refractivity contribution in [3.8, 4) is 0 Å². The van der Waals surface area contributed by atoms with Crippen molar-refractivity contribution in [1.82, 2.24) is 4.90 Å². The van der Waals surface area contributed by atoms with Gasteiger partial charge in [0.2, 0.25) is 0 Å². The first kappa shape index (κ1) is 33.2. The third-order valence-electron chi connectivity index (χ3n) is 9.79. The number of hydrogen-bond donors (Lipinski definition) is 1. The maximum atomic E-state index is 12.0. The van der Waals surface area contributed by atoms with Gasteiger partial charge in [0, 0.05) is 25.1 Å². The van der Waals surface area contributed by atoms with Crippen LogP contribution in [0.1, 0.15) is 52.0 Å². The molecule has 1 amide bonds. The molecule has 1 saturated heterocycles. The molecule has 0 bridgehead atoms.